The Labute approximate surface area is 117 Å². The Bertz CT molecular complexity index is 532. The summed E-state index contributed by atoms with van der Waals surface area (Å²) in [7, 11) is 0. The average Bonchev–Trinajstić information content (AvgIpc) is 2.32. The van der Waals surface area contributed by atoms with E-state index < -0.39 is 11.9 Å². The van der Waals surface area contributed by atoms with E-state index in [0.717, 1.165) is 12.8 Å². The number of hydrogen-bond acceptors (Lipinski definition) is 1. The Morgan fingerprint density at radius 1 is 1.58 bits per heavy atom. The first kappa shape index (κ1) is 13.7. The molecule has 0 bridgehead atoms. The minimum absolute atomic E-state index is 0.252. The van der Waals surface area contributed by atoms with Crippen molar-refractivity contribution in [3.05, 3.63) is 34.6 Å². The number of halogens is 2. The third-order valence-electron chi connectivity index (χ3n) is 3.13. The molecular weight excluding hydrogens is 265 g/mol. The molecular formula is C14H15ClFN3. The van der Waals surface area contributed by atoms with Gasteiger partial charge >= 0.3 is 0 Å². The van der Waals surface area contributed by atoms with E-state index >= 15 is 0 Å². The van der Waals surface area contributed by atoms with Crippen molar-refractivity contribution < 1.29 is 4.39 Å². The molecule has 1 aliphatic carbocycles. The van der Waals surface area contributed by atoms with Crippen LogP contribution in [0.1, 0.15) is 30.9 Å². The first-order valence-electron chi connectivity index (χ1n) is 6.11. The number of aliphatic imine (C=N–C) groups is 1. The van der Waals surface area contributed by atoms with Crippen LogP contribution < -0.4 is 11.1 Å². The van der Waals surface area contributed by atoms with Gasteiger partial charge < -0.3 is 11.1 Å². The highest BCUT2D eigenvalue weighted by molar-refractivity contribution is 6.30. The molecule has 1 atom stereocenters. The summed E-state index contributed by atoms with van der Waals surface area (Å²) in [4.78, 5) is 4.28. The van der Waals surface area contributed by atoms with Crippen LogP contribution in [0.3, 0.4) is 0 Å². The third-order valence-corrected chi connectivity index (χ3v) is 3.36. The maximum atomic E-state index is 13.8. The second kappa shape index (κ2) is 5.94. The van der Waals surface area contributed by atoms with Crippen LogP contribution in [-0.2, 0) is 0 Å². The minimum Gasteiger partial charge on any atom is -0.370 e. The maximum absolute atomic E-state index is 13.8. The molecule has 0 aromatic heterocycles. The number of nitrogens with one attached hydrogen (secondary N) is 1. The maximum Gasteiger partial charge on any atom is 0.190 e. The number of terminal acetylenes is 1. The van der Waals surface area contributed by atoms with E-state index in [0.29, 0.717) is 10.6 Å². The van der Waals surface area contributed by atoms with Gasteiger partial charge in [0.15, 0.2) is 5.96 Å². The van der Waals surface area contributed by atoms with Gasteiger partial charge in [0.2, 0.25) is 0 Å². The highest BCUT2D eigenvalue weighted by atomic mass is 35.5. The molecule has 3 nitrogen and oxygen atoms in total. The van der Waals surface area contributed by atoms with Gasteiger partial charge in [0.1, 0.15) is 11.9 Å². The van der Waals surface area contributed by atoms with Crippen LogP contribution >= 0.6 is 11.6 Å². The summed E-state index contributed by atoms with van der Waals surface area (Å²) in [5.41, 5.74) is 6.10. The normalized spacial score (nSPS) is 17.4. The van der Waals surface area contributed by atoms with Crippen LogP contribution in [0, 0.1) is 18.2 Å². The molecule has 2 rings (SSSR count). The number of nitrogens with zero attached hydrogens (tertiary/aromatic N) is 1. The van der Waals surface area contributed by atoms with Crippen LogP contribution in [0.4, 0.5) is 4.39 Å². The van der Waals surface area contributed by atoms with Crippen molar-refractivity contribution in [2.24, 2.45) is 10.7 Å². The van der Waals surface area contributed by atoms with Gasteiger partial charge in [-0.15, -0.1) is 6.42 Å². The molecule has 1 fully saturated rings. The van der Waals surface area contributed by atoms with Crippen molar-refractivity contribution in [3.63, 3.8) is 0 Å². The summed E-state index contributed by atoms with van der Waals surface area (Å²) in [5, 5.41) is 3.18. The van der Waals surface area contributed by atoms with Crippen molar-refractivity contribution in [1.29, 1.82) is 0 Å². The lowest BCUT2D eigenvalue weighted by molar-refractivity contribution is 0.418. The summed E-state index contributed by atoms with van der Waals surface area (Å²) < 4.78 is 13.8. The van der Waals surface area contributed by atoms with E-state index in [2.05, 4.69) is 16.2 Å². The number of rotatable bonds is 3. The molecule has 100 valence electrons. The summed E-state index contributed by atoms with van der Waals surface area (Å²) in [6.45, 7) is 0. The van der Waals surface area contributed by atoms with E-state index in [-0.39, 0.29) is 12.0 Å². The molecule has 19 heavy (non-hydrogen) atoms. The van der Waals surface area contributed by atoms with Crippen molar-refractivity contribution in [3.8, 4) is 12.3 Å². The largest absolute Gasteiger partial charge is 0.370 e. The Kier molecular flexibility index (Phi) is 4.28. The van der Waals surface area contributed by atoms with E-state index in [1.807, 2.05) is 0 Å². The minimum atomic E-state index is -0.652. The average molecular weight is 280 g/mol. The molecule has 3 N–H and O–H groups in total. The van der Waals surface area contributed by atoms with Crippen LogP contribution in [-0.4, -0.2) is 12.0 Å². The number of hydrogen-bond donors (Lipinski definition) is 2. The quantitative estimate of drug-likeness (QED) is 0.508. The zero-order chi connectivity index (χ0) is 13.8. The molecule has 0 heterocycles. The lowest BCUT2D eigenvalue weighted by atomic mass is 9.94. The highest BCUT2D eigenvalue weighted by Gasteiger charge is 2.18. The second-order valence-electron chi connectivity index (χ2n) is 4.51. The molecule has 1 unspecified atom stereocenters. The zero-order valence-corrected chi connectivity index (χ0v) is 11.1. The molecule has 1 aromatic carbocycles. The Hall–Kier alpha value is -1.73. The van der Waals surface area contributed by atoms with Gasteiger partial charge in [-0.1, -0.05) is 23.6 Å². The van der Waals surface area contributed by atoms with Crippen molar-refractivity contribution >= 4 is 17.6 Å². The van der Waals surface area contributed by atoms with Crippen LogP contribution in [0.25, 0.3) is 0 Å². The fraction of sp³-hybridized carbons (Fsp3) is 0.357. The molecule has 0 aliphatic heterocycles. The SMILES string of the molecule is C#CC(NC(N)=NC1CCC1)c1ccc(Cl)cc1F. The van der Waals surface area contributed by atoms with Gasteiger partial charge in [-0.2, -0.15) is 0 Å². The standard InChI is InChI=1S/C14H15ClFN3/c1-2-13(11-7-6-9(15)8-12(11)16)19-14(17)18-10-4-3-5-10/h1,6-8,10,13H,3-5H2,(H3,17,18,19). The number of benzene rings is 1. The van der Waals surface area contributed by atoms with E-state index in [4.69, 9.17) is 23.8 Å². The summed E-state index contributed by atoms with van der Waals surface area (Å²) in [6.07, 6.45) is 8.67. The Morgan fingerprint density at radius 2 is 2.32 bits per heavy atom. The Morgan fingerprint density at radius 3 is 2.84 bits per heavy atom. The number of guanidine groups is 1. The molecule has 1 saturated carbocycles. The van der Waals surface area contributed by atoms with E-state index in [1.165, 1.54) is 12.5 Å². The van der Waals surface area contributed by atoms with Gasteiger partial charge in [-0.25, -0.2) is 4.39 Å². The third kappa shape index (κ3) is 3.39. The van der Waals surface area contributed by atoms with Gasteiger partial charge in [0.25, 0.3) is 0 Å². The van der Waals surface area contributed by atoms with E-state index in [9.17, 15) is 4.39 Å². The molecule has 5 heteroatoms. The van der Waals surface area contributed by atoms with Gasteiger partial charge in [0.05, 0.1) is 6.04 Å². The molecule has 1 aliphatic rings. The van der Waals surface area contributed by atoms with Gasteiger partial charge in [-0.3, -0.25) is 4.99 Å². The monoisotopic (exact) mass is 279 g/mol. The fourth-order valence-corrected chi connectivity index (χ4v) is 2.00. The van der Waals surface area contributed by atoms with Crippen LogP contribution in [0.15, 0.2) is 23.2 Å². The molecule has 0 amide bonds. The van der Waals surface area contributed by atoms with Crippen molar-refractivity contribution in [2.45, 2.75) is 31.3 Å². The van der Waals surface area contributed by atoms with Gasteiger partial charge in [0, 0.05) is 10.6 Å². The van der Waals surface area contributed by atoms with Crippen molar-refractivity contribution in [1.82, 2.24) is 5.32 Å². The highest BCUT2D eigenvalue weighted by Crippen LogP contribution is 2.23. The summed E-state index contributed by atoms with van der Waals surface area (Å²) in [5.74, 6) is 2.26. The Balaban J connectivity index is 2.11. The lowest BCUT2D eigenvalue weighted by Crippen LogP contribution is -2.36. The topological polar surface area (TPSA) is 50.4 Å². The summed E-state index contributed by atoms with van der Waals surface area (Å²) >= 11 is 5.71. The number of nitrogens with two attached hydrogens (primary N) is 1. The predicted octanol–water partition coefficient (Wildman–Crippen LogP) is 2.61. The van der Waals surface area contributed by atoms with Gasteiger partial charge in [-0.05, 0) is 31.4 Å². The second-order valence-corrected chi connectivity index (χ2v) is 4.95. The van der Waals surface area contributed by atoms with Crippen molar-refractivity contribution in [2.75, 3.05) is 0 Å². The molecule has 0 saturated heterocycles. The van der Waals surface area contributed by atoms with Crippen LogP contribution in [0.5, 0.6) is 0 Å². The van der Waals surface area contributed by atoms with Crippen LogP contribution in [0.2, 0.25) is 5.02 Å². The lowest BCUT2D eigenvalue weighted by Gasteiger charge is -2.22. The first-order chi connectivity index (χ1) is 9.10. The molecule has 1 aromatic rings. The zero-order valence-electron chi connectivity index (χ0n) is 10.4. The van der Waals surface area contributed by atoms with E-state index in [1.54, 1.807) is 12.1 Å². The molecule has 0 spiro atoms. The fourth-order valence-electron chi connectivity index (χ4n) is 1.84. The smallest absolute Gasteiger partial charge is 0.190 e. The molecule has 0 radical (unpaired) electrons. The first-order valence-corrected chi connectivity index (χ1v) is 6.49. The predicted molar refractivity (Wildman–Crippen MR) is 75.4 cm³/mol. The summed E-state index contributed by atoms with van der Waals surface area (Å²) in [6, 6.07) is 3.97.